The van der Waals surface area contributed by atoms with E-state index in [-0.39, 0.29) is 0 Å². The van der Waals surface area contributed by atoms with Crippen LogP contribution in [0, 0.1) is 0 Å². The Bertz CT molecular complexity index is 342. The normalized spacial score (nSPS) is 9.62. The lowest BCUT2D eigenvalue weighted by molar-refractivity contribution is 0.112. The standard InChI is InChI=1S/C11H11BO/c1-3-8(2)11-6-10(12)5-4-9(11)7-13/h4-7H,2-3H2,1H3. The van der Waals surface area contributed by atoms with Gasteiger partial charge in [0, 0.05) is 5.56 Å². The van der Waals surface area contributed by atoms with Crippen molar-refractivity contribution in [3.05, 3.63) is 35.9 Å². The molecule has 0 fully saturated rings. The molecule has 0 spiro atoms. The highest BCUT2D eigenvalue weighted by atomic mass is 16.1. The van der Waals surface area contributed by atoms with Gasteiger partial charge < -0.3 is 0 Å². The van der Waals surface area contributed by atoms with Crippen molar-refractivity contribution in [1.29, 1.82) is 0 Å². The average molecular weight is 170 g/mol. The molecule has 13 heavy (non-hydrogen) atoms. The predicted molar refractivity (Wildman–Crippen MR) is 56.5 cm³/mol. The summed E-state index contributed by atoms with van der Waals surface area (Å²) in [6, 6.07) is 5.23. The number of hydrogen-bond acceptors (Lipinski definition) is 1. The fraction of sp³-hybridized carbons (Fsp3) is 0.182. The monoisotopic (exact) mass is 170 g/mol. The van der Waals surface area contributed by atoms with E-state index in [9.17, 15) is 4.79 Å². The number of benzene rings is 1. The summed E-state index contributed by atoms with van der Waals surface area (Å²) in [5.74, 6) is 0. The van der Waals surface area contributed by atoms with Crippen molar-refractivity contribution in [2.24, 2.45) is 0 Å². The molecular weight excluding hydrogens is 159 g/mol. The molecule has 0 saturated carbocycles. The van der Waals surface area contributed by atoms with E-state index in [4.69, 9.17) is 7.85 Å². The molecule has 0 aliphatic carbocycles. The van der Waals surface area contributed by atoms with Gasteiger partial charge in [0.1, 0.15) is 7.85 Å². The number of allylic oxidation sites excluding steroid dienone is 1. The Kier molecular flexibility index (Phi) is 3.07. The second-order valence-electron chi connectivity index (χ2n) is 2.92. The van der Waals surface area contributed by atoms with E-state index < -0.39 is 0 Å². The number of rotatable bonds is 3. The van der Waals surface area contributed by atoms with Crippen LogP contribution in [0.2, 0.25) is 0 Å². The molecular formula is C11H11BO. The summed E-state index contributed by atoms with van der Waals surface area (Å²) in [7, 11) is 5.62. The van der Waals surface area contributed by atoms with Crippen molar-refractivity contribution in [3.63, 3.8) is 0 Å². The van der Waals surface area contributed by atoms with Crippen LogP contribution in [0.15, 0.2) is 24.8 Å². The lowest BCUT2D eigenvalue weighted by Gasteiger charge is -2.07. The highest BCUT2D eigenvalue weighted by Gasteiger charge is 2.03. The Labute approximate surface area is 79.9 Å². The fourth-order valence-electron chi connectivity index (χ4n) is 1.17. The van der Waals surface area contributed by atoms with Crippen molar-refractivity contribution < 1.29 is 4.79 Å². The minimum atomic E-state index is 0.654. The van der Waals surface area contributed by atoms with Crippen molar-refractivity contribution in [2.45, 2.75) is 13.3 Å². The number of carbonyl (C=O) groups is 1. The van der Waals surface area contributed by atoms with Crippen LogP contribution in [0.25, 0.3) is 5.57 Å². The van der Waals surface area contributed by atoms with Gasteiger partial charge in [-0.05, 0) is 17.6 Å². The third-order valence-electron chi connectivity index (χ3n) is 2.01. The first kappa shape index (κ1) is 9.78. The summed E-state index contributed by atoms with van der Waals surface area (Å²) in [5.41, 5.74) is 3.11. The van der Waals surface area contributed by atoms with Crippen molar-refractivity contribution in [2.75, 3.05) is 0 Å². The van der Waals surface area contributed by atoms with Crippen molar-refractivity contribution >= 4 is 25.2 Å². The molecule has 0 heterocycles. The van der Waals surface area contributed by atoms with E-state index in [1.165, 1.54) is 0 Å². The second kappa shape index (κ2) is 4.08. The first-order valence-corrected chi connectivity index (χ1v) is 4.22. The van der Waals surface area contributed by atoms with Crippen LogP contribution in [0.1, 0.15) is 29.3 Å². The number of carbonyl (C=O) groups excluding carboxylic acids is 1. The second-order valence-corrected chi connectivity index (χ2v) is 2.92. The third-order valence-corrected chi connectivity index (χ3v) is 2.01. The summed E-state index contributed by atoms with van der Waals surface area (Å²) in [4.78, 5) is 10.7. The quantitative estimate of drug-likeness (QED) is 0.498. The third kappa shape index (κ3) is 2.08. The van der Waals surface area contributed by atoms with Crippen LogP contribution in [-0.2, 0) is 0 Å². The van der Waals surface area contributed by atoms with Crippen LogP contribution in [0.5, 0.6) is 0 Å². The minimum Gasteiger partial charge on any atom is -0.298 e. The Hall–Kier alpha value is -1.31. The molecule has 0 unspecified atom stereocenters. The molecule has 64 valence electrons. The van der Waals surface area contributed by atoms with E-state index in [0.717, 1.165) is 23.8 Å². The number of aldehydes is 1. The molecule has 0 bridgehead atoms. The molecule has 0 aromatic heterocycles. The van der Waals surface area contributed by atoms with Crippen molar-refractivity contribution in [3.8, 4) is 0 Å². The van der Waals surface area contributed by atoms with E-state index in [0.29, 0.717) is 11.0 Å². The molecule has 0 aliphatic heterocycles. The van der Waals surface area contributed by atoms with Crippen LogP contribution >= 0.6 is 0 Å². The van der Waals surface area contributed by atoms with Gasteiger partial charge in [0.2, 0.25) is 0 Å². The molecule has 0 atom stereocenters. The van der Waals surface area contributed by atoms with Crippen LogP contribution in [0.4, 0.5) is 0 Å². The Morgan fingerprint density at radius 3 is 2.85 bits per heavy atom. The lowest BCUT2D eigenvalue weighted by atomic mass is 9.89. The van der Waals surface area contributed by atoms with Gasteiger partial charge in [0.25, 0.3) is 0 Å². The molecule has 0 amide bonds. The van der Waals surface area contributed by atoms with E-state index in [1.54, 1.807) is 18.2 Å². The smallest absolute Gasteiger partial charge is 0.150 e. The lowest BCUT2D eigenvalue weighted by Crippen LogP contribution is -2.05. The molecule has 1 nitrogen and oxygen atoms in total. The maximum Gasteiger partial charge on any atom is 0.150 e. The summed E-state index contributed by atoms with van der Waals surface area (Å²) in [6.45, 7) is 5.88. The Balaban J connectivity index is 3.23. The van der Waals surface area contributed by atoms with Gasteiger partial charge in [-0.2, -0.15) is 0 Å². The molecule has 1 rings (SSSR count). The maximum absolute atomic E-state index is 10.7. The van der Waals surface area contributed by atoms with E-state index in [1.807, 2.05) is 6.92 Å². The van der Waals surface area contributed by atoms with Gasteiger partial charge in [-0.25, -0.2) is 0 Å². The molecule has 0 N–H and O–H groups in total. The molecule has 2 heteroatoms. The topological polar surface area (TPSA) is 17.1 Å². The highest BCUT2D eigenvalue weighted by molar-refractivity contribution is 6.32. The summed E-state index contributed by atoms with van der Waals surface area (Å²) >= 11 is 0. The SMILES string of the molecule is [B]c1ccc(C=O)c(C(=C)CC)c1. The Morgan fingerprint density at radius 1 is 1.62 bits per heavy atom. The van der Waals surface area contributed by atoms with Gasteiger partial charge in [0.15, 0.2) is 6.29 Å². The summed E-state index contributed by atoms with van der Waals surface area (Å²) < 4.78 is 0. The van der Waals surface area contributed by atoms with Gasteiger partial charge in [0.05, 0.1) is 0 Å². The summed E-state index contributed by atoms with van der Waals surface area (Å²) in [5, 5.41) is 0. The van der Waals surface area contributed by atoms with Gasteiger partial charge in [-0.15, -0.1) is 0 Å². The molecule has 1 aromatic rings. The molecule has 1 aromatic carbocycles. The average Bonchev–Trinajstić information content (AvgIpc) is 2.16. The number of hydrogen-bond donors (Lipinski definition) is 0. The zero-order chi connectivity index (χ0) is 9.84. The first-order valence-electron chi connectivity index (χ1n) is 4.22. The van der Waals surface area contributed by atoms with Crippen LogP contribution in [-0.4, -0.2) is 14.1 Å². The molecule has 2 radical (unpaired) electrons. The van der Waals surface area contributed by atoms with E-state index >= 15 is 0 Å². The largest absolute Gasteiger partial charge is 0.298 e. The minimum absolute atomic E-state index is 0.654. The zero-order valence-corrected chi connectivity index (χ0v) is 7.71. The van der Waals surface area contributed by atoms with Gasteiger partial charge >= 0.3 is 0 Å². The predicted octanol–water partition coefficient (Wildman–Crippen LogP) is 1.72. The Morgan fingerprint density at radius 2 is 2.31 bits per heavy atom. The first-order chi connectivity index (χ1) is 6.19. The van der Waals surface area contributed by atoms with Gasteiger partial charge in [-0.3, -0.25) is 4.79 Å². The molecule has 0 aliphatic rings. The zero-order valence-electron chi connectivity index (χ0n) is 7.71. The molecule has 0 saturated heterocycles. The van der Waals surface area contributed by atoms with Crippen LogP contribution in [0.3, 0.4) is 0 Å². The highest BCUT2D eigenvalue weighted by Crippen LogP contribution is 2.17. The van der Waals surface area contributed by atoms with E-state index in [2.05, 4.69) is 6.58 Å². The van der Waals surface area contributed by atoms with Crippen molar-refractivity contribution in [1.82, 2.24) is 0 Å². The maximum atomic E-state index is 10.7. The van der Waals surface area contributed by atoms with Crippen LogP contribution < -0.4 is 5.46 Å². The fourth-order valence-corrected chi connectivity index (χ4v) is 1.17. The van der Waals surface area contributed by atoms with Gasteiger partial charge in [-0.1, -0.05) is 37.2 Å². The summed E-state index contributed by atoms with van der Waals surface area (Å²) in [6.07, 6.45) is 1.65.